The summed E-state index contributed by atoms with van der Waals surface area (Å²) in [6.45, 7) is 0.476. The second-order valence-corrected chi connectivity index (χ2v) is 4.05. The summed E-state index contributed by atoms with van der Waals surface area (Å²) in [5, 5.41) is 0. The first-order valence-corrected chi connectivity index (χ1v) is 5.72. The van der Waals surface area contributed by atoms with Crippen molar-refractivity contribution in [1.82, 2.24) is 4.98 Å². The number of carbonyl (C=O) groups excluding carboxylic acids is 1. The van der Waals surface area contributed by atoms with Gasteiger partial charge in [0.15, 0.2) is 5.78 Å². The van der Waals surface area contributed by atoms with Gasteiger partial charge in [-0.2, -0.15) is 0 Å². The highest BCUT2D eigenvalue weighted by atomic mass is 16.1. The van der Waals surface area contributed by atoms with Crippen LogP contribution in [-0.4, -0.2) is 10.8 Å². The number of benzene rings is 1. The molecule has 0 aliphatic heterocycles. The minimum Gasteiger partial charge on any atom is -0.383 e. The molecule has 4 nitrogen and oxygen atoms in total. The lowest BCUT2D eigenvalue weighted by Gasteiger charge is -2.04. The van der Waals surface area contributed by atoms with Crippen molar-refractivity contribution in [2.45, 2.75) is 13.0 Å². The van der Waals surface area contributed by atoms with Crippen LogP contribution in [0, 0.1) is 0 Å². The topological polar surface area (TPSA) is 82.0 Å². The Morgan fingerprint density at radius 1 is 1.17 bits per heavy atom. The van der Waals surface area contributed by atoms with Crippen LogP contribution in [0.4, 0.5) is 5.82 Å². The molecule has 0 saturated carbocycles. The van der Waals surface area contributed by atoms with E-state index in [2.05, 4.69) is 4.98 Å². The number of hydrogen-bond acceptors (Lipinski definition) is 4. The Morgan fingerprint density at radius 2 is 1.89 bits per heavy atom. The van der Waals surface area contributed by atoms with Gasteiger partial charge in [-0.25, -0.2) is 4.98 Å². The van der Waals surface area contributed by atoms with Gasteiger partial charge in [0.2, 0.25) is 0 Å². The zero-order valence-corrected chi connectivity index (χ0v) is 9.97. The third-order valence-corrected chi connectivity index (χ3v) is 2.79. The quantitative estimate of drug-likeness (QED) is 0.796. The Labute approximate surface area is 106 Å². The number of nitrogens with two attached hydrogens (primary N) is 2. The fourth-order valence-corrected chi connectivity index (χ4v) is 1.70. The van der Waals surface area contributed by atoms with Gasteiger partial charge in [-0.1, -0.05) is 30.3 Å². The zero-order chi connectivity index (χ0) is 13.0. The molecule has 0 atom stereocenters. The minimum absolute atomic E-state index is 0.0262. The molecule has 0 spiro atoms. The monoisotopic (exact) mass is 241 g/mol. The van der Waals surface area contributed by atoms with E-state index in [0.29, 0.717) is 17.9 Å². The van der Waals surface area contributed by atoms with E-state index in [9.17, 15) is 4.79 Å². The lowest BCUT2D eigenvalue weighted by atomic mass is 10.0. The molecule has 0 amide bonds. The van der Waals surface area contributed by atoms with Crippen LogP contribution < -0.4 is 11.5 Å². The molecule has 2 rings (SSSR count). The van der Waals surface area contributed by atoms with E-state index < -0.39 is 0 Å². The molecule has 0 bridgehead atoms. The van der Waals surface area contributed by atoms with Crippen molar-refractivity contribution in [1.29, 1.82) is 0 Å². The maximum Gasteiger partial charge on any atom is 0.167 e. The van der Waals surface area contributed by atoms with Gasteiger partial charge in [-0.05, 0) is 11.6 Å². The summed E-state index contributed by atoms with van der Waals surface area (Å²) >= 11 is 0. The van der Waals surface area contributed by atoms with Crippen molar-refractivity contribution in [3.05, 3.63) is 59.3 Å². The van der Waals surface area contributed by atoms with Crippen LogP contribution >= 0.6 is 0 Å². The van der Waals surface area contributed by atoms with Gasteiger partial charge in [-0.15, -0.1) is 0 Å². The highest BCUT2D eigenvalue weighted by Crippen LogP contribution is 2.12. The number of Topliss-reactive ketones (excluding diaryl/α,β-unsaturated/α-hetero) is 1. The number of hydrogen-bond donors (Lipinski definition) is 2. The zero-order valence-electron chi connectivity index (χ0n) is 9.97. The molecule has 0 aliphatic carbocycles. The van der Waals surface area contributed by atoms with Gasteiger partial charge in [0.1, 0.15) is 5.82 Å². The average molecular weight is 241 g/mol. The molecule has 0 unspecified atom stereocenters. The summed E-state index contributed by atoms with van der Waals surface area (Å²) in [5.74, 6) is 0.433. The molecule has 1 aromatic heterocycles. The maximum absolute atomic E-state index is 12.1. The first-order valence-electron chi connectivity index (χ1n) is 5.72. The van der Waals surface area contributed by atoms with Crippen molar-refractivity contribution < 1.29 is 4.79 Å². The minimum atomic E-state index is 0.0262. The van der Waals surface area contributed by atoms with E-state index in [1.165, 1.54) is 0 Å². The molecule has 0 radical (unpaired) electrons. The summed E-state index contributed by atoms with van der Waals surface area (Å²) in [5.41, 5.74) is 13.6. The van der Waals surface area contributed by atoms with E-state index in [4.69, 9.17) is 11.5 Å². The number of anilines is 1. The first-order chi connectivity index (χ1) is 8.70. The molecule has 0 saturated heterocycles. The smallest absolute Gasteiger partial charge is 0.167 e. The van der Waals surface area contributed by atoms with Crippen molar-refractivity contribution in [3.8, 4) is 0 Å². The Hall–Kier alpha value is -2.20. The molecule has 0 fully saturated rings. The molecule has 0 aliphatic rings. The average Bonchev–Trinajstić information content (AvgIpc) is 2.41. The van der Waals surface area contributed by atoms with Gasteiger partial charge in [0, 0.05) is 30.3 Å². The Kier molecular flexibility index (Phi) is 3.69. The fraction of sp³-hybridized carbons (Fsp3) is 0.143. The van der Waals surface area contributed by atoms with Gasteiger partial charge in [0.25, 0.3) is 0 Å². The maximum atomic E-state index is 12.1. The number of rotatable bonds is 4. The van der Waals surface area contributed by atoms with Crippen LogP contribution in [0.3, 0.4) is 0 Å². The predicted molar refractivity (Wildman–Crippen MR) is 71.0 cm³/mol. The number of nitrogen functional groups attached to an aromatic ring is 1. The molecule has 1 aromatic carbocycles. The number of aromatic nitrogens is 1. The summed E-state index contributed by atoms with van der Waals surface area (Å²) in [4.78, 5) is 16.0. The van der Waals surface area contributed by atoms with Crippen molar-refractivity contribution in [2.24, 2.45) is 5.73 Å². The van der Waals surface area contributed by atoms with E-state index in [1.807, 2.05) is 18.2 Å². The first kappa shape index (κ1) is 12.3. The molecule has 1 heterocycles. The Balaban J connectivity index is 2.14. The lowest BCUT2D eigenvalue weighted by Crippen LogP contribution is -2.07. The summed E-state index contributed by atoms with van der Waals surface area (Å²) in [7, 11) is 0. The van der Waals surface area contributed by atoms with Crippen LogP contribution in [0.25, 0.3) is 0 Å². The largest absolute Gasteiger partial charge is 0.383 e. The summed E-state index contributed by atoms with van der Waals surface area (Å²) < 4.78 is 0. The summed E-state index contributed by atoms with van der Waals surface area (Å²) in [6.07, 6.45) is 1.88. The molecule has 18 heavy (non-hydrogen) atoms. The second kappa shape index (κ2) is 5.42. The van der Waals surface area contributed by atoms with Crippen LogP contribution in [0.1, 0.15) is 21.5 Å². The number of ketones is 1. The van der Waals surface area contributed by atoms with Crippen molar-refractivity contribution >= 4 is 11.6 Å². The molecule has 2 aromatic rings. The van der Waals surface area contributed by atoms with Crippen molar-refractivity contribution in [3.63, 3.8) is 0 Å². The van der Waals surface area contributed by atoms with E-state index in [1.54, 1.807) is 24.4 Å². The van der Waals surface area contributed by atoms with E-state index >= 15 is 0 Å². The van der Waals surface area contributed by atoms with Crippen LogP contribution in [0.2, 0.25) is 0 Å². The highest BCUT2D eigenvalue weighted by molar-refractivity contribution is 5.98. The molecule has 4 N–H and O–H groups in total. The second-order valence-electron chi connectivity index (χ2n) is 4.05. The standard InChI is InChI=1S/C14H15N3O/c15-9-10-3-5-11(6-4-10)13(18)8-12-2-1-7-17-14(12)16/h1-7H,8-9,15H2,(H2,16,17). The van der Waals surface area contributed by atoms with Crippen LogP contribution in [0.5, 0.6) is 0 Å². The SMILES string of the molecule is NCc1ccc(C(=O)Cc2cccnc2N)cc1. The van der Waals surface area contributed by atoms with Crippen LogP contribution in [-0.2, 0) is 13.0 Å². The Bertz CT molecular complexity index is 549. The number of pyridine rings is 1. The summed E-state index contributed by atoms with van der Waals surface area (Å²) in [6, 6.07) is 10.9. The normalized spacial score (nSPS) is 10.3. The molecular formula is C14H15N3O. The number of carbonyl (C=O) groups is 1. The number of nitrogens with zero attached hydrogens (tertiary/aromatic N) is 1. The van der Waals surface area contributed by atoms with Gasteiger partial charge >= 0.3 is 0 Å². The van der Waals surface area contributed by atoms with E-state index in [-0.39, 0.29) is 12.2 Å². The van der Waals surface area contributed by atoms with Gasteiger partial charge in [-0.3, -0.25) is 4.79 Å². The van der Waals surface area contributed by atoms with Crippen molar-refractivity contribution in [2.75, 3.05) is 5.73 Å². The Morgan fingerprint density at radius 3 is 2.50 bits per heavy atom. The van der Waals surface area contributed by atoms with Gasteiger partial charge < -0.3 is 11.5 Å². The third-order valence-electron chi connectivity index (χ3n) is 2.79. The van der Waals surface area contributed by atoms with E-state index in [0.717, 1.165) is 11.1 Å². The lowest BCUT2D eigenvalue weighted by molar-refractivity contribution is 0.0993. The molecule has 92 valence electrons. The molecule has 4 heteroatoms. The highest BCUT2D eigenvalue weighted by Gasteiger charge is 2.09. The third kappa shape index (κ3) is 2.73. The molecular weight excluding hydrogens is 226 g/mol. The fourth-order valence-electron chi connectivity index (χ4n) is 1.70. The van der Waals surface area contributed by atoms with Crippen LogP contribution in [0.15, 0.2) is 42.6 Å². The predicted octanol–water partition coefficient (Wildman–Crippen LogP) is 1.55. The van der Waals surface area contributed by atoms with Gasteiger partial charge in [0.05, 0.1) is 0 Å².